The number of benzene rings is 1. The molecule has 0 saturated carbocycles. The Morgan fingerprint density at radius 2 is 1.88 bits per heavy atom. The molecule has 0 amide bonds. The first-order valence-electron chi connectivity index (χ1n) is 8.71. The lowest BCUT2D eigenvalue weighted by molar-refractivity contribution is 0.190. The summed E-state index contributed by atoms with van der Waals surface area (Å²) in [6, 6.07) is 14.8. The molecule has 128 valence electrons. The second-order valence-corrected chi connectivity index (χ2v) is 6.90. The van der Waals surface area contributed by atoms with Crippen molar-refractivity contribution in [2.75, 3.05) is 6.54 Å². The van der Waals surface area contributed by atoms with E-state index in [2.05, 4.69) is 37.9 Å². The molecule has 1 atom stereocenters. The zero-order valence-electron chi connectivity index (χ0n) is 14.1. The fourth-order valence-electron chi connectivity index (χ4n) is 3.62. The lowest BCUT2D eigenvalue weighted by Crippen LogP contribution is -2.33. The number of nitrogens with zero attached hydrogens (tertiary/aromatic N) is 4. The van der Waals surface area contributed by atoms with Gasteiger partial charge in [-0.3, -0.25) is 14.6 Å². The van der Waals surface area contributed by atoms with Gasteiger partial charge in [0.1, 0.15) is 0 Å². The molecule has 1 aliphatic heterocycles. The molecule has 1 aromatic carbocycles. The highest BCUT2D eigenvalue weighted by molar-refractivity contribution is 6.31. The molecule has 0 N–H and O–H groups in total. The SMILES string of the molecule is Clc1ccccc1CC1CCCN1Cn1nccc1-c1ccncc1. The van der Waals surface area contributed by atoms with Gasteiger partial charge in [-0.2, -0.15) is 5.10 Å². The monoisotopic (exact) mass is 352 g/mol. The molecule has 1 aliphatic rings. The van der Waals surface area contributed by atoms with E-state index in [4.69, 9.17) is 11.6 Å². The Morgan fingerprint density at radius 1 is 1.04 bits per heavy atom. The third-order valence-electron chi connectivity index (χ3n) is 4.92. The number of hydrogen-bond acceptors (Lipinski definition) is 3. The van der Waals surface area contributed by atoms with Gasteiger partial charge in [0, 0.05) is 41.8 Å². The second kappa shape index (κ2) is 7.38. The first kappa shape index (κ1) is 16.3. The van der Waals surface area contributed by atoms with Gasteiger partial charge in [0.2, 0.25) is 0 Å². The summed E-state index contributed by atoms with van der Waals surface area (Å²) in [7, 11) is 0. The zero-order valence-corrected chi connectivity index (χ0v) is 14.8. The first-order chi connectivity index (χ1) is 12.3. The second-order valence-electron chi connectivity index (χ2n) is 6.50. The molecule has 5 heteroatoms. The maximum Gasteiger partial charge on any atom is 0.0938 e. The molecule has 0 radical (unpaired) electrons. The van der Waals surface area contributed by atoms with Crippen LogP contribution in [0.2, 0.25) is 5.02 Å². The van der Waals surface area contributed by atoms with Crippen LogP contribution < -0.4 is 0 Å². The molecule has 0 spiro atoms. The van der Waals surface area contributed by atoms with Gasteiger partial charge in [-0.05, 0) is 49.1 Å². The number of rotatable bonds is 5. The van der Waals surface area contributed by atoms with Gasteiger partial charge >= 0.3 is 0 Å². The minimum Gasteiger partial charge on any atom is -0.281 e. The van der Waals surface area contributed by atoms with E-state index in [0.29, 0.717) is 6.04 Å². The summed E-state index contributed by atoms with van der Waals surface area (Å²) in [5, 5.41) is 5.41. The zero-order chi connectivity index (χ0) is 17.1. The highest BCUT2D eigenvalue weighted by Gasteiger charge is 2.26. The van der Waals surface area contributed by atoms with Crippen LogP contribution in [0.25, 0.3) is 11.3 Å². The van der Waals surface area contributed by atoms with Crippen LogP contribution in [0.15, 0.2) is 61.1 Å². The van der Waals surface area contributed by atoms with Crippen LogP contribution in [0.4, 0.5) is 0 Å². The van der Waals surface area contributed by atoms with E-state index < -0.39 is 0 Å². The third kappa shape index (κ3) is 3.60. The smallest absolute Gasteiger partial charge is 0.0938 e. The van der Waals surface area contributed by atoms with Gasteiger partial charge in [0.15, 0.2) is 0 Å². The number of pyridine rings is 1. The highest BCUT2D eigenvalue weighted by Crippen LogP contribution is 2.26. The molecule has 0 aliphatic carbocycles. The summed E-state index contributed by atoms with van der Waals surface area (Å²) >= 11 is 6.36. The standard InChI is InChI=1S/C20H21ClN4/c21-19-6-2-1-4-17(19)14-18-5-3-13-24(18)15-25-20(9-12-23-25)16-7-10-22-11-8-16/h1-2,4,6-12,18H,3,5,13-15H2. The Morgan fingerprint density at radius 3 is 2.72 bits per heavy atom. The van der Waals surface area contributed by atoms with Crippen molar-refractivity contribution in [3.05, 3.63) is 71.6 Å². The molecular weight excluding hydrogens is 332 g/mol. The van der Waals surface area contributed by atoms with Crippen LogP contribution in [0.3, 0.4) is 0 Å². The van der Waals surface area contributed by atoms with E-state index in [1.54, 1.807) is 0 Å². The van der Waals surface area contributed by atoms with Crippen molar-refractivity contribution in [1.29, 1.82) is 0 Å². The van der Waals surface area contributed by atoms with Crippen molar-refractivity contribution >= 4 is 11.6 Å². The molecule has 4 rings (SSSR count). The van der Waals surface area contributed by atoms with Crippen molar-refractivity contribution in [2.45, 2.75) is 32.0 Å². The molecule has 3 heterocycles. The van der Waals surface area contributed by atoms with Crippen molar-refractivity contribution in [1.82, 2.24) is 19.7 Å². The van der Waals surface area contributed by atoms with Crippen LogP contribution in [-0.4, -0.2) is 32.3 Å². The van der Waals surface area contributed by atoms with Crippen molar-refractivity contribution in [3.8, 4) is 11.3 Å². The van der Waals surface area contributed by atoms with Gasteiger partial charge < -0.3 is 0 Å². The Hall–Kier alpha value is -2.17. The largest absolute Gasteiger partial charge is 0.281 e. The van der Waals surface area contributed by atoms with Crippen molar-refractivity contribution in [3.63, 3.8) is 0 Å². The molecule has 1 saturated heterocycles. The van der Waals surface area contributed by atoms with Gasteiger partial charge in [-0.1, -0.05) is 29.8 Å². The summed E-state index contributed by atoms with van der Waals surface area (Å²) in [6.07, 6.45) is 8.93. The van der Waals surface area contributed by atoms with Crippen molar-refractivity contribution in [2.24, 2.45) is 0 Å². The topological polar surface area (TPSA) is 34.0 Å². The number of hydrogen-bond donors (Lipinski definition) is 0. The lowest BCUT2D eigenvalue weighted by atomic mass is 10.0. The Kier molecular flexibility index (Phi) is 4.81. The maximum absolute atomic E-state index is 6.36. The fourth-order valence-corrected chi connectivity index (χ4v) is 3.83. The summed E-state index contributed by atoms with van der Waals surface area (Å²) in [5.74, 6) is 0. The minimum atomic E-state index is 0.509. The van der Waals surface area contributed by atoms with E-state index in [9.17, 15) is 0 Å². The molecular formula is C20H21ClN4. The van der Waals surface area contributed by atoms with Crippen LogP contribution in [-0.2, 0) is 13.1 Å². The summed E-state index contributed by atoms with van der Waals surface area (Å²) < 4.78 is 2.08. The average Bonchev–Trinajstić information content (AvgIpc) is 3.28. The summed E-state index contributed by atoms with van der Waals surface area (Å²) in [5.41, 5.74) is 3.51. The molecule has 3 aromatic rings. The number of likely N-dealkylation sites (tertiary alicyclic amines) is 1. The van der Waals surface area contributed by atoms with Gasteiger partial charge in [0.05, 0.1) is 12.4 Å². The minimum absolute atomic E-state index is 0.509. The lowest BCUT2D eigenvalue weighted by Gasteiger charge is -2.25. The fraction of sp³-hybridized carbons (Fsp3) is 0.300. The van der Waals surface area contributed by atoms with E-state index in [0.717, 1.165) is 35.9 Å². The molecule has 1 unspecified atom stereocenters. The van der Waals surface area contributed by atoms with E-state index in [-0.39, 0.29) is 0 Å². The van der Waals surface area contributed by atoms with Crippen LogP contribution in [0.1, 0.15) is 18.4 Å². The quantitative estimate of drug-likeness (QED) is 0.688. The molecule has 25 heavy (non-hydrogen) atoms. The van der Waals surface area contributed by atoms with Crippen molar-refractivity contribution < 1.29 is 0 Å². The summed E-state index contributed by atoms with van der Waals surface area (Å²) in [6.45, 7) is 1.91. The maximum atomic E-state index is 6.36. The highest BCUT2D eigenvalue weighted by atomic mass is 35.5. The average molecular weight is 353 g/mol. The molecule has 2 aromatic heterocycles. The van der Waals surface area contributed by atoms with Gasteiger partial charge in [-0.15, -0.1) is 0 Å². The van der Waals surface area contributed by atoms with Gasteiger partial charge in [0.25, 0.3) is 0 Å². The normalized spacial score (nSPS) is 17.9. The summed E-state index contributed by atoms with van der Waals surface area (Å²) in [4.78, 5) is 6.62. The van der Waals surface area contributed by atoms with E-state index in [1.165, 1.54) is 18.4 Å². The number of halogens is 1. The van der Waals surface area contributed by atoms with Crippen LogP contribution in [0, 0.1) is 0 Å². The molecule has 4 nitrogen and oxygen atoms in total. The van der Waals surface area contributed by atoms with E-state index in [1.807, 2.05) is 42.9 Å². The Balaban J connectivity index is 1.51. The predicted molar refractivity (Wildman–Crippen MR) is 100 cm³/mol. The van der Waals surface area contributed by atoms with Crippen LogP contribution in [0.5, 0.6) is 0 Å². The predicted octanol–water partition coefficient (Wildman–Crippen LogP) is 4.26. The van der Waals surface area contributed by atoms with Crippen LogP contribution >= 0.6 is 11.6 Å². The first-order valence-corrected chi connectivity index (χ1v) is 9.09. The third-order valence-corrected chi connectivity index (χ3v) is 5.29. The molecule has 1 fully saturated rings. The van der Waals surface area contributed by atoms with Gasteiger partial charge in [-0.25, -0.2) is 0 Å². The Bertz CT molecular complexity index is 830. The van der Waals surface area contributed by atoms with E-state index >= 15 is 0 Å². The number of aromatic nitrogens is 3. The Labute approximate surface area is 153 Å². The molecule has 0 bridgehead atoms.